The number of nitrogens with one attached hydrogen (secondary N) is 2. The van der Waals surface area contributed by atoms with Gasteiger partial charge in [-0.25, -0.2) is 13.6 Å². The SMILES string of the molecule is O=C(CCC1CCCN(C(=O)C[n+]2cc(=O)o[nH]2)C1)NCc1ccc(F)c(F)c1. The van der Waals surface area contributed by atoms with Crippen molar-refractivity contribution in [3.05, 3.63) is 52.0 Å². The van der Waals surface area contributed by atoms with Crippen molar-refractivity contribution < 1.29 is 27.6 Å². The van der Waals surface area contributed by atoms with E-state index in [9.17, 15) is 23.2 Å². The van der Waals surface area contributed by atoms with Crippen LogP contribution in [0.3, 0.4) is 0 Å². The van der Waals surface area contributed by atoms with Crippen LogP contribution in [-0.2, 0) is 22.7 Å². The third kappa shape index (κ3) is 5.97. The van der Waals surface area contributed by atoms with Gasteiger partial charge in [0.2, 0.25) is 5.91 Å². The Labute approximate surface area is 165 Å². The molecule has 8 nitrogen and oxygen atoms in total. The summed E-state index contributed by atoms with van der Waals surface area (Å²) in [6.45, 7) is 1.32. The van der Waals surface area contributed by atoms with Crippen molar-refractivity contribution >= 4 is 11.8 Å². The molecule has 0 spiro atoms. The Morgan fingerprint density at radius 1 is 1.31 bits per heavy atom. The monoisotopic (exact) mass is 409 g/mol. The first-order valence-corrected chi connectivity index (χ1v) is 9.47. The number of aromatic nitrogens is 2. The fraction of sp³-hybridized carbons (Fsp3) is 0.474. The number of hydrogen-bond donors (Lipinski definition) is 2. The van der Waals surface area contributed by atoms with E-state index in [2.05, 4.69) is 15.1 Å². The molecular weight excluding hydrogens is 386 g/mol. The smallest absolute Gasteiger partial charge is 0.352 e. The topological polar surface area (TPSA) is 99.3 Å². The van der Waals surface area contributed by atoms with Crippen LogP contribution in [-0.4, -0.2) is 35.1 Å². The third-order valence-corrected chi connectivity index (χ3v) is 4.96. The Hall–Kier alpha value is -3.04. The van der Waals surface area contributed by atoms with Gasteiger partial charge >= 0.3 is 5.63 Å². The van der Waals surface area contributed by atoms with Gasteiger partial charge in [0.25, 0.3) is 18.6 Å². The molecule has 3 rings (SSSR count). The van der Waals surface area contributed by atoms with Gasteiger partial charge in [0.15, 0.2) is 11.6 Å². The molecule has 2 aromatic rings. The second-order valence-electron chi connectivity index (χ2n) is 7.18. The maximum absolute atomic E-state index is 13.2. The average molecular weight is 409 g/mol. The van der Waals surface area contributed by atoms with Crippen molar-refractivity contribution in [3.8, 4) is 0 Å². The van der Waals surface area contributed by atoms with Gasteiger partial charge < -0.3 is 10.2 Å². The first-order valence-electron chi connectivity index (χ1n) is 9.47. The minimum absolute atomic E-state index is 0.00677. The molecule has 2 heterocycles. The van der Waals surface area contributed by atoms with E-state index in [-0.39, 0.29) is 30.8 Å². The second-order valence-corrected chi connectivity index (χ2v) is 7.18. The molecule has 2 N–H and O–H groups in total. The van der Waals surface area contributed by atoms with E-state index in [1.807, 2.05) is 0 Å². The fourth-order valence-corrected chi connectivity index (χ4v) is 3.41. The molecule has 1 aromatic heterocycles. The molecular formula is C19H23F2N4O4+. The summed E-state index contributed by atoms with van der Waals surface area (Å²) in [5.74, 6) is -1.96. The van der Waals surface area contributed by atoms with E-state index < -0.39 is 17.3 Å². The third-order valence-electron chi connectivity index (χ3n) is 4.96. The van der Waals surface area contributed by atoms with Crippen molar-refractivity contribution in [2.24, 2.45) is 5.92 Å². The molecule has 10 heteroatoms. The highest BCUT2D eigenvalue weighted by Crippen LogP contribution is 2.21. The molecule has 1 aromatic carbocycles. The zero-order chi connectivity index (χ0) is 20.8. The van der Waals surface area contributed by atoms with E-state index in [1.54, 1.807) is 4.90 Å². The van der Waals surface area contributed by atoms with Gasteiger partial charge in [-0.3, -0.25) is 14.1 Å². The number of piperidine rings is 1. The first kappa shape index (κ1) is 20.7. The fourth-order valence-electron chi connectivity index (χ4n) is 3.41. The lowest BCUT2D eigenvalue weighted by Crippen LogP contribution is -2.48. The number of rotatable bonds is 7. The zero-order valence-electron chi connectivity index (χ0n) is 15.8. The van der Waals surface area contributed by atoms with Crippen LogP contribution in [0.25, 0.3) is 0 Å². The van der Waals surface area contributed by atoms with Crippen LogP contribution in [0.4, 0.5) is 8.78 Å². The molecule has 0 radical (unpaired) electrons. The Balaban J connectivity index is 1.41. The second kappa shape index (κ2) is 9.44. The largest absolute Gasteiger partial charge is 0.426 e. The summed E-state index contributed by atoms with van der Waals surface area (Å²) in [4.78, 5) is 37.2. The first-order chi connectivity index (χ1) is 13.9. The van der Waals surface area contributed by atoms with Crippen LogP contribution < -0.4 is 15.6 Å². The Kier molecular flexibility index (Phi) is 6.73. The molecule has 2 amide bonds. The van der Waals surface area contributed by atoms with Crippen LogP contribution in [0.1, 0.15) is 31.2 Å². The van der Waals surface area contributed by atoms with Gasteiger partial charge in [-0.1, -0.05) is 10.7 Å². The van der Waals surface area contributed by atoms with Crippen LogP contribution in [0.5, 0.6) is 0 Å². The van der Waals surface area contributed by atoms with E-state index in [0.717, 1.165) is 25.0 Å². The predicted molar refractivity (Wildman–Crippen MR) is 96.3 cm³/mol. The number of benzene rings is 1. The van der Waals surface area contributed by atoms with E-state index >= 15 is 0 Å². The molecule has 29 heavy (non-hydrogen) atoms. The highest BCUT2D eigenvalue weighted by Gasteiger charge is 2.26. The number of carbonyl (C=O) groups is 2. The molecule has 0 aliphatic carbocycles. The minimum atomic E-state index is -0.943. The molecule has 1 fully saturated rings. The number of hydrogen-bond acceptors (Lipinski definition) is 4. The Bertz CT molecular complexity index is 927. The van der Waals surface area contributed by atoms with Crippen LogP contribution in [0.2, 0.25) is 0 Å². The van der Waals surface area contributed by atoms with Crippen molar-refractivity contribution in [3.63, 3.8) is 0 Å². The maximum Gasteiger partial charge on any atom is 0.426 e. The van der Waals surface area contributed by atoms with Crippen LogP contribution >= 0.6 is 0 Å². The van der Waals surface area contributed by atoms with Gasteiger partial charge in [-0.15, -0.1) is 0 Å². The molecule has 1 aliphatic heterocycles. The van der Waals surface area contributed by atoms with Gasteiger partial charge in [0.1, 0.15) is 0 Å². The number of carbonyl (C=O) groups excluding carboxylic acids is 2. The lowest BCUT2D eigenvalue weighted by Gasteiger charge is -2.31. The van der Waals surface area contributed by atoms with E-state index in [0.29, 0.717) is 31.5 Å². The number of nitrogens with zero attached hydrogens (tertiary/aromatic N) is 2. The molecule has 1 aliphatic rings. The lowest BCUT2D eigenvalue weighted by molar-refractivity contribution is -0.751. The van der Waals surface area contributed by atoms with Crippen molar-refractivity contribution in [2.45, 2.75) is 38.8 Å². The van der Waals surface area contributed by atoms with Gasteiger partial charge in [-0.2, -0.15) is 0 Å². The standard InChI is InChI=1S/C19H22F2N4O4/c20-15-5-3-14(8-16(15)21)9-22-17(26)6-4-13-2-1-7-24(10-13)18(27)11-25-12-19(28)29-23-25/h3,5,8,12-13H,1-2,4,6-7,9-11H2,(H-,22,23,26,28)/p+1. The maximum atomic E-state index is 13.2. The molecule has 0 bridgehead atoms. The van der Waals surface area contributed by atoms with E-state index in [4.69, 9.17) is 0 Å². The minimum Gasteiger partial charge on any atom is -0.352 e. The summed E-state index contributed by atoms with van der Waals surface area (Å²) in [5.41, 5.74) is -0.0646. The summed E-state index contributed by atoms with van der Waals surface area (Å²) in [6, 6.07) is 3.52. The van der Waals surface area contributed by atoms with Crippen molar-refractivity contribution in [1.29, 1.82) is 0 Å². The van der Waals surface area contributed by atoms with E-state index in [1.165, 1.54) is 16.9 Å². The number of likely N-dealkylation sites (tertiary alicyclic amines) is 1. The highest BCUT2D eigenvalue weighted by atomic mass is 19.2. The number of aromatic amines is 1. The van der Waals surface area contributed by atoms with Gasteiger partial charge in [-0.05, 0) is 48.1 Å². The van der Waals surface area contributed by atoms with Crippen LogP contribution in [0, 0.1) is 17.6 Å². The summed E-state index contributed by atoms with van der Waals surface area (Å²) in [5, 5.41) is 5.04. The zero-order valence-corrected chi connectivity index (χ0v) is 15.8. The average Bonchev–Trinajstić information content (AvgIpc) is 3.12. The summed E-state index contributed by atoms with van der Waals surface area (Å²) in [6.07, 6.45) is 3.87. The molecule has 1 atom stereocenters. The summed E-state index contributed by atoms with van der Waals surface area (Å²) < 4.78 is 31.9. The highest BCUT2D eigenvalue weighted by molar-refractivity contribution is 5.76. The van der Waals surface area contributed by atoms with Gasteiger partial charge in [0.05, 0.1) is 0 Å². The quantitative estimate of drug-likeness (QED) is 0.663. The van der Waals surface area contributed by atoms with Crippen molar-refractivity contribution in [2.75, 3.05) is 13.1 Å². The van der Waals surface area contributed by atoms with Gasteiger partial charge in [0, 0.05) is 26.1 Å². The Morgan fingerprint density at radius 2 is 2.14 bits per heavy atom. The Morgan fingerprint density at radius 3 is 2.86 bits per heavy atom. The van der Waals surface area contributed by atoms with Crippen molar-refractivity contribution in [1.82, 2.24) is 15.5 Å². The molecule has 0 saturated carbocycles. The molecule has 156 valence electrons. The lowest BCUT2D eigenvalue weighted by atomic mass is 9.93. The normalized spacial score (nSPS) is 16.6. The summed E-state index contributed by atoms with van der Waals surface area (Å²) in [7, 11) is 0. The predicted octanol–water partition coefficient (Wildman–Crippen LogP) is 0.869. The molecule has 1 unspecified atom stereocenters. The molecule has 1 saturated heterocycles. The number of amides is 2. The number of H-pyrrole nitrogens is 1. The summed E-state index contributed by atoms with van der Waals surface area (Å²) >= 11 is 0. The van der Waals surface area contributed by atoms with Crippen LogP contribution in [0.15, 0.2) is 33.7 Å². The number of halogens is 2.